The Kier molecular flexibility index (Phi) is 1.63. The zero-order valence-electron chi connectivity index (χ0n) is 7.22. The highest BCUT2D eigenvalue weighted by Crippen LogP contribution is 2.56. The molecule has 0 aromatic carbocycles. The number of hydrogen-bond acceptors (Lipinski definition) is 0. The van der Waals surface area contributed by atoms with Crippen LogP contribution in [0.15, 0.2) is 0 Å². The van der Waals surface area contributed by atoms with Crippen molar-refractivity contribution in [3.63, 3.8) is 0 Å². The molecule has 11 heavy (non-hydrogen) atoms. The highest BCUT2D eigenvalue weighted by molar-refractivity contribution is 6.39. The Morgan fingerprint density at radius 2 is 1.36 bits per heavy atom. The predicted octanol–water partition coefficient (Wildman–Crippen LogP) is 1.90. The summed E-state index contributed by atoms with van der Waals surface area (Å²) in [6.07, 6.45) is 5.50. The second-order valence-corrected chi connectivity index (χ2v) is 4.57. The molecule has 0 atom stereocenters. The van der Waals surface area contributed by atoms with E-state index in [0.717, 1.165) is 11.8 Å². The molecule has 0 saturated heterocycles. The summed E-state index contributed by atoms with van der Waals surface area (Å²) in [5, 5.41) is -0.414. The average molecular weight is 144 g/mol. The van der Waals surface area contributed by atoms with Gasteiger partial charge in [-0.2, -0.15) is 0 Å². The first-order valence-corrected chi connectivity index (χ1v) is 4.67. The zero-order chi connectivity index (χ0) is 8.06. The monoisotopic (exact) mass is 144 g/mol. The summed E-state index contributed by atoms with van der Waals surface area (Å²) in [6.45, 7) is 1.98. The molecule has 0 N–H and O–H groups in total. The Labute approximate surface area is 72.0 Å². The second-order valence-electron chi connectivity index (χ2n) is 4.57. The van der Waals surface area contributed by atoms with E-state index in [0.29, 0.717) is 5.92 Å². The molecule has 0 aliphatic heterocycles. The molecule has 4 radical (unpaired) electrons. The van der Waals surface area contributed by atoms with Gasteiger partial charge in [-0.15, -0.1) is 0 Å². The van der Waals surface area contributed by atoms with Gasteiger partial charge < -0.3 is 0 Å². The lowest BCUT2D eigenvalue weighted by Crippen LogP contribution is -2.24. The largest absolute Gasteiger partial charge is 0.0985 e. The molecule has 0 spiro atoms. The van der Waals surface area contributed by atoms with E-state index in [1.54, 1.807) is 0 Å². The first-order valence-electron chi connectivity index (χ1n) is 4.67. The van der Waals surface area contributed by atoms with Crippen molar-refractivity contribution in [3.05, 3.63) is 0 Å². The van der Waals surface area contributed by atoms with Crippen molar-refractivity contribution in [1.29, 1.82) is 0 Å². The maximum atomic E-state index is 5.94. The van der Waals surface area contributed by atoms with E-state index >= 15 is 0 Å². The van der Waals surface area contributed by atoms with Crippen LogP contribution in [-0.2, 0) is 0 Å². The fourth-order valence-electron chi connectivity index (χ4n) is 3.26. The van der Waals surface area contributed by atoms with Gasteiger partial charge in [0.15, 0.2) is 0 Å². The number of fused-ring (bicyclic) bond motifs is 2. The molecule has 2 rings (SSSR count). The van der Waals surface area contributed by atoms with E-state index in [2.05, 4.69) is 0 Å². The van der Waals surface area contributed by atoms with E-state index in [1.165, 1.54) is 25.7 Å². The van der Waals surface area contributed by atoms with Crippen LogP contribution in [0.4, 0.5) is 0 Å². The fourth-order valence-corrected chi connectivity index (χ4v) is 3.26. The highest BCUT2D eigenvalue weighted by Gasteiger charge is 2.46. The van der Waals surface area contributed by atoms with E-state index in [1.807, 2.05) is 6.92 Å². The van der Waals surface area contributed by atoms with Crippen molar-refractivity contribution in [2.75, 3.05) is 0 Å². The molecule has 56 valence electrons. The molecule has 2 fully saturated rings. The average Bonchev–Trinajstić information content (AvgIpc) is 2.40. The van der Waals surface area contributed by atoms with Crippen LogP contribution in [0.1, 0.15) is 32.6 Å². The summed E-state index contributed by atoms with van der Waals surface area (Å²) >= 11 is 0. The van der Waals surface area contributed by atoms with Crippen molar-refractivity contribution < 1.29 is 0 Å². The number of rotatable bonds is 1. The fraction of sp³-hybridized carbons (Fsp3) is 1.00. The number of hydrogen-bond donors (Lipinski definition) is 0. The van der Waals surface area contributed by atoms with Crippen molar-refractivity contribution in [1.82, 2.24) is 0 Å². The third kappa shape index (κ3) is 1.15. The van der Waals surface area contributed by atoms with Crippen molar-refractivity contribution in [2.45, 2.75) is 37.8 Å². The molecule has 2 bridgehead atoms. The van der Waals surface area contributed by atoms with Gasteiger partial charge in [0.25, 0.3) is 0 Å². The second kappa shape index (κ2) is 2.31. The Hall–Kier alpha value is 0.130. The molecule has 2 heteroatoms. The van der Waals surface area contributed by atoms with Gasteiger partial charge >= 0.3 is 0 Å². The minimum atomic E-state index is -0.414. The van der Waals surface area contributed by atoms with Gasteiger partial charge in [-0.25, -0.2) is 0 Å². The summed E-state index contributed by atoms with van der Waals surface area (Å²) in [4.78, 5) is 0. The molecular formula is C9H14B2. The van der Waals surface area contributed by atoms with Gasteiger partial charge in [0.2, 0.25) is 0 Å². The lowest BCUT2D eigenvalue weighted by molar-refractivity contribution is 0.366. The molecule has 0 aromatic heterocycles. The predicted molar refractivity (Wildman–Crippen MR) is 48.8 cm³/mol. The maximum absolute atomic E-state index is 5.94. The molecule has 2 aliphatic carbocycles. The van der Waals surface area contributed by atoms with Gasteiger partial charge in [-0.1, -0.05) is 12.1 Å². The first kappa shape index (κ1) is 7.76. The molecule has 0 nitrogen and oxygen atoms in total. The van der Waals surface area contributed by atoms with Gasteiger partial charge in [-0.3, -0.25) is 0 Å². The van der Waals surface area contributed by atoms with Crippen LogP contribution in [0.3, 0.4) is 0 Å². The topological polar surface area (TPSA) is 0 Å². The standard InChI is InChI=1S/C9H14B2/c1-9(10,11)8-6-2-3-7(8)5-4-6/h6-8H,2-5H2,1H3. The molecule has 0 amide bonds. The lowest BCUT2D eigenvalue weighted by atomic mass is 9.47. The summed E-state index contributed by atoms with van der Waals surface area (Å²) in [5.74, 6) is 2.31. The van der Waals surface area contributed by atoms with E-state index in [4.69, 9.17) is 15.7 Å². The summed E-state index contributed by atoms with van der Waals surface area (Å²) in [6, 6.07) is 0. The Bertz CT molecular complexity index is 139. The quantitative estimate of drug-likeness (QED) is 0.492. The molecular weight excluding hydrogens is 130 g/mol. The summed E-state index contributed by atoms with van der Waals surface area (Å²) in [5.41, 5.74) is 0. The SMILES string of the molecule is [B]C([B])(C)C1C2CCC1CC2. The highest BCUT2D eigenvalue weighted by atomic mass is 14.5. The van der Waals surface area contributed by atoms with Crippen LogP contribution in [0.25, 0.3) is 0 Å². The first-order chi connectivity index (χ1) is 5.09. The Morgan fingerprint density at radius 3 is 1.55 bits per heavy atom. The van der Waals surface area contributed by atoms with Crippen LogP contribution in [0, 0.1) is 17.8 Å². The lowest BCUT2D eigenvalue weighted by Gasteiger charge is -2.32. The summed E-state index contributed by atoms with van der Waals surface area (Å²) in [7, 11) is 11.9. The Morgan fingerprint density at radius 1 is 1.00 bits per heavy atom. The van der Waals surface area contributed by atoms with Crippen LogP contribution < -0.4 is 0 Å². The van der Waals surface area contributed by atoms with Crippen LogP contribution in [0.5, 0.6) is 0 Å². The van der Waals surface area contributed by atoms with Crippen LogP contribution in [-0.4, -0.2) is 15.7 Å². The smallest absolute Gasteiger partial charge is 0.0620 e. The molecule has 2 aliphatic rings. The third-order valence-electron chi connectivity index (χ3n) is 3.55. The van der Waals surface area contributed by atoms with Crippen molar-refractivity contribution in [2.24, 2.45) is 17.8 Å². The molecule has 0 unspecified atom stereocenters. The zero-order valence-corrected chi connectivity index (χ0v) is 7.22. The van der Waals surface area contributed by atoms with E-state index in [-0.39, 0.29) is 0 Å². The van der Waals surface area contributed by atoms with Crippen molar-refractivity contribution in [3.8, 4) is 0 Å². The Balaban J connectivity index is 2.16. The maximum Gasteiger partial charge on any atom is 0.0620 e. The van der Waals surface area contributed by atoms with Crippen molar-refractivity contribution >= 4 is 15.7 Å². The minimum absolute atomic E-state index is 0.414. The summed E-state index contributed by atoms with van der Waals surface area (Å²) < 4.78 is 0. The normalized spacial score (nSPS) is 43.2. The molecule has 0 heterocycles. The third-order valence-corrected chi connectivity index (χ3v) is 3.55. The van der Waals surface area contributed by atoms with E-state index < -0.39 is 5.21 Å². The molecule has 2 saturated carbocycles. The van der Waals surface area contributed by atoms with Gasteiger partial charge in [0.1, 0.15) is 0 Å². The van der Waals surface area contributed by atoms with Crippen LogP contribution in [0.2, 0.25) is 5.21 Å². The van der Waals surface area contributed by atoms with Gasteiger partial charge in [0.05, 0.1) is 15.7 Å². The van der Waals surface area contributed by atoms with Crippen LogP contribution >= 0.6 is 0 Å². The molecule has 0 aromatic rings. The van der Waals surface area contributed by atoms with Gasteiger partial charge in [0, 0.05) is 0 Å². The van der Waals surface area contributed by atoms with E-state index in [9.17, 15) is 0 Å². The van der Waals surface area contributed by atoms with Gasteiger partial charge in [-0.05, 0) is 43.4 Å². The minimum Gasteiger partial charge on any atom is -0.0985 e.